The number of hydrogen-bond acceptors (Lipinski definition) is 1. The highest BCUT2D eigenvalue weighted by Gasteiger charge is 2.24. The first-order valence-electron chi connectivity index (χ1n) is 6.58. The molecule has 0 aromatic rings. The quantitative estimate of drug-likeness (QED) is 0.737. The SMILES string of the molecule is CCCCNC(=O)N1CCCC(C)(C)CC1. The topological polar surface area (TPSA) is 32.3 Å². The first-order valence-corrected chi connectivity index (χ1v) is 6.58. The van der Waals surface area contributed by atoms with E-state index in [0.29, 0.717) is 5.41 Å². The van der Waals surface area contributed by atoms with Crippen molar-refractivity contribution in [2.24, 2.45) is 5.41 Å². The molecule has 0 radical (unpaired) electrons. The summed E-state index contributed by atoms with van der Waals surface area (Å²) in [6.07, 6.45) is 5.69. The standard InChI is InChI=1S/C13H26N2O/c1-4-5-9-14-12(16)15-10-6-7-13(2,3)8-11-15/h4-11H2,1-3H3,(H,14,16). The molecule has 2 amide bonds. The molecule has 0 atom stereocenters. The fourth-order valence-corrected chi connectivity index (χ4v) is 2.11. The minimum Gasteiger partial charge on any atom is -0.338 e. The lowest BCUT2D eigenvalue weighted by molar-refractivity contribution is 0.197. The Morgan fingerprint density at radius 1 is 1.31 bits per heavy atom. The smallest absolute Gasteiger partial charge is 0.317 e. The third kappa shape index (κ3) is 4.42. The number of urea groups is 1. The molecule has 0 aromatic heterocycles. The van der Waals surface area contributed by atoms with Crippen molar-refractivity contribution in [3.63, 3.8) is 0 Å². The zero-order chi connectivity index (χ0) is 12.0. The Labute approximate surface area is 99.6 Å². The number of carbonyl (C=O) groups excluding carboxylic acids is 1. The Hall–Kier alpha value is -0.730. The molecule has 1 aliphatic heterocycles. The molecule has 0 aliphatic carbocycles. The number of amides is 2. The van der Waals surface area contributed by atoms with Crippen molar-refractivity contribution in [3.8, 4) is 0 Å². The highest BCUT2D eigenvalue weighted by Crippen LogP contribution is 2.29. The number of unbranched alkanes of at least 4 members (excludes halogenated alkanes) is 1. The van der Waals surface area contributed by atoms with Crippen LogP contribution in [-0.2, 0) is 0 Å². The number of nitrogens with one attached hydrogen (secondary N) is 1. The van der Waals surface area contributed by atoms with Crippen LogP contribution in [0.25, 0.3) is 0 Å². The van der Waals surface area contributed by atoms with Gasteiger partial charge in [0.25, 0.3) is 0 Å². The van der Waals surface area contributed by atoms with Crippen molar-refractivity contribution in [2.75, 3.05) is 19.6 Å². The fraction of sp³-hybridized carbons (Fsp3) is 0.923. The number of hydrogen-bond donors (Lipinski definition) is 1. The average molecular weight is 226 g/mol. The molecule has 0 aromatic carbocycles. The maximum absolute atomic E-state index is 11.9. The van der Waals surface area contributed by atoms with Crippen LogP contribution in [0.2, 0.25) is 0 Å². The molecule has 0 unspecified atom stereocenters. The van der Waals surface area contributed by atoms with E-state index in [1.165, 1.54) is 6.42 Å². The van der Waals surface area contributed by atoms with E-state index >= 15 is 0 Å². The van der Waals surface area contributed by atoms with Gasteiger partial charge in [0.15, 0.2) is 0 Å². The Morgan fingerprint density at radius 2 is 2.06 bits per heavy atom. The summed E-state index contributed by atoms with van der Waals surface area (Å²) < 4.78 is 0. The summed E-state index contributed by atoms with van der Waals surface area (Å²) in [6, 6.07) is 0.131. The normalized spacial score (nSPS) is 20.3. The number of likely N-dealkylation sites (tertiary alicyclic amines) is 1. The van der Waals surface area contributed by atoms with Crippen LogP contribution in [0.15, 0.2) is 0 Å². The minimum atomic E-state index is 0.131. The lowest BCUT2D eigenvalue weighted by Crippen LogP contribution is -2.41. The number of nitrogens with zero attached hydrogens (tertiary/aromatic N) is 1. The van der Waals surface area contributed by atoms with Crippen LogP contribution in [0.1, 0.15) is 52.9 Å². The average Bonchev–Trinajstić information content (AvgIpc) is 2.39. The minimum absolute atomic E-state index is 0.131. The fourth-order valence-electron chi connectivity index (χ4n) is 2.11. The Kier molecular flexibility index (Phi) is 5.10. The van der Waals surface area contributed by atoms with E-state index in [-0.39, 0.29) is 6.03 Å². The molecular formula is C13H26N2O. The van der Waals surface area contributed by atoms with Gasteiger partial charge in [-0.1, -0.05) is 27.2 Å². The number of carbonyl (C=O) groups is 1. The van der Waals surface area contributed by atoms with Crippen molar-refractivity contribution in [1.82, 2.24) is 10.2 Å². The van der Waals surface area contributed by atoms with Crippen LogP contribution >= 0.6 is 0 Å². The lowest BCUT2D eigenvalue weighted by Gasteiger charge is -2.23. The van der Waals surface area contributed by atoms with Crippen molar-refractivity contribution in [1.29, 1.82) is 0 Å². The zero-order valence-corrected chi connectivity index (χ0v) is 11.0. The lowest BCUT2D eigenvalue weighted by atomic mass is 9.85. The summed E-state index contributed by atoms with van der Waals surface area (Å²) in [7, 11) is 0. The monoisotopic (exact) mass is 226 g/mol. The number of rotatable bonds is 3. The largest absolute Gasteiger partial charge is 0.338 e. The third-order valence-corrected chi connectivity index (χ3v) is 3.43. The van der Waals surface area contributed by atoms with Crippen LogP contribution in [0.5, 0.6) is 0 Å². The van der Waals surface area contributed by atoms with Gasteiger partial charge in [0.1, 0.15) is 0 Å². The Balaban J connectivity index is 2.33. The van der Waals surface area contributed by atoms with Crippen LogP contribution < -0.4 is 5.32 Å². The third-order valence-electron chi connectivity index (χ3n) is 3.43. The molecule has 1 fully saturated rings. The molecule has 0 saturated carbocycles. The molecule has 1 rings (SSSR count). The summed E-state index contributed by atoms with van der Waals surface area (Å²) in [5, 5.41) is 3.00. The molecule has 3 heteroatoms. The maximum Gasteiger partial charge on any atom is 0.317 e. The van der Waals surface area contributed by atoms with Gasteiger partial charge in [-0.2, -0.15) is 0 Å². The van der Waals surface area contributed by atoms with Gasteiger partial charge in [-0.3, -0.25) is 0 Å². The van der Waals surface area contributed by atoms with Crippen LogP contribution in [-0.4, -0.2) is 30.6 Å². The molecule has 94 valence electrons. The summed E-state index contributed by atoms with van der Waals surface area (Å²) in [4.78, 5) is 13.8. The highest BCUT2D eigenvalue weighted by molar-refractivity contribution is 5.74. The van der Waals surface area contributed by atoms with Crippen LogP contribution in [0, 0.1) is 5.41 Å². The molecule has 3 nitrogen and oxygen atoms in total. The van der Waals surface area contributed by atoms with Crippen molar-refractivity contribution in [3.05, 3.63) is 0 Å². The second-order valence-electron chi connectivity index (χ2n) is 5.59. The van der Waals surface area contributed by atoms with Gasteiger partial charge in [0.2, 0.25) is 0 Å². The van der Waals surface area contributed by atoms with E-state index < -0.39 is 0 Å². The van der Waals surface area contributed by atoms with Gasteiger partial charge in [-0.05, 0) is 31.1 Å². The van der Waals surface area contributed by atoms with Gasteiger partial charge < -0.3 is 10.2 Å². The van der Waals surface area contributed by atoms with Gasteiger partial charge in [-0.15, -0.1) is 0 Å². The predicted octanol–water partition coefficient (Wildman–Crippen LogP) is 3.01. The van der Waals surface area contributed by atoms with Gasteiger partial charge in [0, 0.05) is 19.6 Å². The van der Waals surface area contributed by atoms with Crippen LogP contribution in [0.3, 0.4) is 0 Å². The molecule has 1 aliphatic rings. The van der Waals surface area contributed by atoms with Crippen molar-refractivity contribution in [2.45, 2.75) is 52.9 Å². The zero-order valence-electron chi connectivity index (χ0n) is 11.0. The summed E-state index contributed by atoms with van der Waals surface area (Å²) in [6.45, 7) is 9.37. The molecule has 0 bridgehead atoms. The molecule has 0 spiro atoms. The van der Waals surface area contributed by atoms with Gasteiger partial charge >= 0.3 is 6.03 Å². The van der Waals surface area contributed by atoms with Crippen molar-refractivity contribution < 1.29 is 4.79 Å². The second kappa shape index (κ2) is 6.12. The highest BCUT2D eigenvalue weighted by atomic mass is 16.2. The van der Waals surface area contributed by atoms with Gasteiger partial charge in [0.05, 0.1) is 0 Å². The molecule has 1 N–H and O–H groups in total. The first-order chi connectivity index (χ1) is 7.55. The molecule has 1 heterocycles. The second-order valence-corrected chi connectivity index (χ2v) is 5.59. The maximum atomic E-state index is 11.9. The predicted molar refractivity (Wildman–Crippen MR) is 67.5 cm³/mol. The summed E-state index contributed by atoms with van der Waals surface area (Å²) in [5.41, 5.74) is 0.401. The van der Waals surface area contributed by atoms with Gasteiger partial charge in [-0.25, -0.2) is 4.79 Å². The Bertz CT molecular complexity index is 226. The Morgan fingerprint density at radius 3 is 2.75 bits per heavy atom. The molecule has 1 saturated heterocycles. The first kappa shape index (κ1) is 13.3. The van der Waals surface area contributed by atoms with E-state index in [1.807, 2.05) is 4.90 Å². The van der Waals surface area contributed by atoms with Crippen LogP contribution in [0.4, 0.5) is 4.79 Å². The van der Waals surface area contributed by atoms with E-state index in [2.05, 4.69) is 26.1 Å². The summed E-state index contributed by atoms with van der Waals surface area (Å²) in [5.74, 6) is 0. The van der Waals surface area contributed by atoms with E-state index in [0.717, 1.165) is 45.3 Å². The summed E-state index contributed by atoms with van der Waals surface area (Å²) >= 11 is 0. The van der Waals surface area contributed by atoms with E-state index in [4.69, 9.17) is 0 Å². The van der Waals surface area contributed by atoms with Crippen molar-refractivity contribution >= 4 is 6.03 Å². The molecule has 16 heavy (non-hydrogen) atoms. The van der Waals surface area contributed by atoms with E-state index in [9.17, 15) is 4.79 Å². The molecular weight excluding hydrogens is 200 g/mol. The van der Waals surface area contributed by atoms with E-state index in [1.54, 1.807) is 0 Å².